The van der Waals surface area contributed by atoms with E-state index in [1.165, 1.54) is 12.8 Å². The van der Waals surface area contributed by atoms with Crippen LogP contribution in [0, 0.1) is 5.92 Å². The molecule has 1 saturated carbocycles. The Labute approximate surface area is 170 Å². The summed E-state index contributed by atoms with van der Waals surface area (Å²) in [4.78, 5) is 11.6. The first-order valence-electron chi connectivity index (χ1n) is 10.4. The van der Waals surface area contributed by atoms with Gasteiger partial charge in [-0.2, -0.15) is 5.10 Å². The lowest BCUT2D eigenvalue weighted by molar-refractivity contribution is 0.0278. The van der Waals surface area contributed by atoms with Crippen molar-refractivity contribution in [2.24, 2.45) is 5.92 Å². The molecule has 2 fully saturated rings. The van der Waals surface area contributed by atoms with Gasteiger partial charge in [-0.15, -0.1) is 5.10 Å². The van der Waals surface area contributed by atoms with Crippen molar-refractivity contribution < 1.29 is 4.74 Å². The quantitative estimate of drug-likeness (QED) is 0.655. The fourth-order valence-electron chi connectivity index (χ4n) is 3.44. The Balaban J connectivity index is 1.28. The van der Waals surface area contributed by atoms with Crippen LogP contribution >= 0.6 is 0 Å². The van der Waals surface area contributed by atoms with Gasteiger partial charge in [0.25, 0.3) is 0 Å². The molecule has 7 heteroatoms. The van der Waals surface area contributed by atoms with Crippen molar-refractivity contribution in [3.63, 3.8) is 0 Å². The molecular formula is C22H26N6O. The second kappa shape index (κ2) is 7.55. The molecular weight excluding hydrogens is 364 g/mol. The number of anilines is 3. The molecule has 7 nitrogen and oxygen atoms in total. The molecule has 3 aromatic heterocycles. The number of nitrogens with zero attached hydrogens (tertiary/aromatic N) is 5. The highest BCUT2D eigenvalue weighted by atomic mass is 16.5. The lowest BCUT2D eigenvalue weighted by atomic mass is 10.1. The predicted octanol–water partition coefficient (Wildman–Crippen LogP) is 3.90. The number of hydrogen-bond donors (Lipinski definition) is 1. The summed E-state index contributed by atoms with van der Waals surface area (Å²) in [5, 5.41) is 11.5. The second-order valence-corrected chi connectivity index (χ2v) is 8.39. The number of rotatable bonds is 7. The zero-order chi connectivity index (χ0) is 19.8. The number of nitrogens with one attached hydrogen (secondary N) is 1. The van der Waals surface area contributed by atoms with E-state index in [1.54, 1.807) is 6.20 Å². The van der Waals surface area contributed by atoms with Crippen molar-refractivity contribution in [2.45, 2.75) is 38.7 Å². The van der Waals surface area contributed by atoms with E-state index in [0.29, 0.717) is 17.8 Å². The van der Waals surface area contributed by atoms with E-state index in [0.717, 1.165) is 53.7 Å². The smallest absolute Gasteiger partial charge is 0.154 e. The number of aromatic nitrogens is 4. The Bertz CT molecular complexity index is 1010. The Morgan fingerprint density at radius 2 is 1.97 bits per heavy atom. The monoisotopic (exact) mass is 390 g/mol. The lowest BCUT2D eigenvalue weighted by Crippen LogP contribution is -2.52. The van der Waals surface area contributed by atoms with Crippen LogP contribution in [0.5, 0.6) is 0 Å². The maximum Gasteiger partial charge on any atom is 0.154 e. The van der Waals surface area contributed by atoms with Crippen LogP contribution < -0.4 is 10.2 Å². The van der Waals surface area contributed by atoms with Gasteiger partial charge in [0.2, 0.25) is 0 Å². The summed E-state index contributed by atoms with van der Waals surface area (Å²) in [6, 6.07) is 8.01. The van der Waals surface area contributed by atoms with Gasteiger partial charge in [0.1, 0.15) is 5.82 Å². The third-order valence-corrected chi connectivity index (χ3v) is 5.60. The molecule has 0 amide bonds. The summed E-state index contributed by atoms with van der Waals surface area (Å²) < 4.78 is 5.95. The molecule has 150 valence electrons. The largest absolute Gasteiger partial charge is 0.374 e. The molecule has 1 aliphatic heterocycles. The molecule has 1 saturated heterocycles. The maximum absolute atomic E-state index is 5.95. The standard InChI is InChI=1S/C22H26N6O/c1-14(2)16-7-22(27-24-9-16)26-21-6-5-19-20(25-21)8-17(10-23-19)28-11-18(12-28)29-13-15-3-4-15/h5-10,14-15,18H,3-4,11-13H2,1-2H3,(H,25,26,27). The fraction of sp³-hybridized carbons (Fsp3) is 0.455. The van der Waals surface area contributed by atoms with Gasteiger partial charge in [-0.25, -0.2) is 4.98 Å². The average molecular weight is 390 g/mol. The first-order valence-corrected chi connectivity index (χ1v) is 10.4. The molecule has 29 heavy (non-hydrogen) atoms. The second-order valence-electron chi connectivity index (χ2n) is 8.39. The topological polar surface area (TPSA) is 76.1 Å². The maximum atomic E-state index is 5.95. The van der Waals surface area contributed by atoms with Gasteiger partial charge >= 0.3 is 0 Å². The van der Waals surface area contributed by atoms with Crippen LogP contribution in [0.4, 0.5) is 17.3 Å². The van der Waals surface area contributed by atoms with E-state index < -0.39 is 0 Å². The molecule has 0 bridgehead atoms. The molecule has 4 heterocycles. The van der Waals surface area contributed by atoms with Gasteiger partial charge in [-0.3, -0.25) is 4.98 Å². The predicted molar refractivity (Wildman–Crippen MR) is 114 cm³/mol. The van der Waals surface area contributed by atoms with Gasteiger partial charge in [-0.1, -0.05) is 13.8 Å². The normalized spacial score (nSPS) is 17.0. The highest BCUT2D eigenvalue weighted by Crippen LogP contribution is 2.31. The number of pyridine rings is 2. The Morgan fingerprint density at radius 1 is 1.10 bits per heavy atom. The molecule has 0 atom stereocenters. The minimum Gasteiger partial charge on any atom is -0.374 e. The molecule has 0 radical (unpaired) electrons. The minimum absolute atomic E-state index is 0.346. The zero-order valence-corrected chi connectivity index (χ0v) is 16.9. The van der Waals surface area contributed by atoms with E-state index in [4.69, 9.17) is 9.72 Å². The van der Waals surface area contributed by atoms with Crippen LogP contribution in [0.15, 0.2) is 36.7 Å². The Kier molecular flexibility index (Phi) is 4.75. The van der Waals surface area contributed by atoms with E-state index in [-0.39, 0.29) is 0 Å². The van der Waals surface area contributed by atoms with Crippen LogP contribution in [0.25, 0.3) is 11.0 Å². The van der Waals surface area contributed by atoms with E-state index in [1.807, 2.05) is 24.4 Å². The van der Waals surface area contributed by atoms with Crippen LogP contribution in [-0.4, -0.2) is 46.0 Å². The van der Waals surface area contributed by atoms with Gasteiger partial charge < -0.3 is 15.0 Å². The van der Waals surface area contributed by atoms with Gasteiger partial charge in [0, 0.05) is 19.7 Å². The Hall–Kier alpha value is -2.80. The number of fused-ring (bicyclic) bond motifs is 1. The number of hydrogen-bond acceptors (Lipinski definition) is 7. The third kappa shape index (κ3) is 4.15. The van der Waals surface area contributed by atoms with Crippen LogP contribution in [0.2, 0.25) is 0 Å². The van der Waals surface area contributed by atoms with Gasteiger partial charge in [0.05, 0.1) is 35.2 Å². The third-order valence-electron chi connectivity index (χ3n) is 5.60. The summed E-state index contributed by atoms with van der Waals surface area (Å²) in [6.45, 7) is 7.05. The summed E-state index contributed by atoms with van der Waals surface area (Å²) >= 11 is 0. The fourth-order valence-corrected chi connectivity index (χ4v) is 3.44. The van der Waals surface area contributed by atoms with Crippen LogP contribution in [-0.2, 0) is 4.74 Å². The zero-order valence-electron chi connectivity index (χ0n) is 16.9. The number of ether oxygens (including phenoxy) is 1. The SMILES string of the molecule is CC(C)c1cnnc(Nc2ccc3ncc(N4CC(OCC5CC5)C4)cc3n2)c1. The van der Waals surface area contributed by atoms with Gasteiger partial charge in [-0.05, 0) is 54.5 Å². The molecule has 5 rings (SSSR count). The molecule has 1 N–H and O–H groups in total. The van der Waals surface area contributed by atoms with Crippen molar-refractivity contribution in [1.29, 1.82) is 0 Å². The summed E-state index contributed by atoms with van der Waals surface area (Å²) in [5.74, 6) is 2.65. The first-order chi connectivity index (χ1) is 14.1. The van der Waals surface area contributed by atoms with E-state index in [2.05, 4.69) is 45.3 Å². The highest BCUT2D eigenvalue weighted by molar-refractivity contribution is 5.80. The summed E-state index contributed by atoms with van der Waals surface area (Å²) in [6.07, 6.45) is 6.74. The van der Waals surface area contributed by atoms with Crippen LogP contribution in [0.3, 0.4) is 0 Å². The van der Waals surface area contributed by atoms with Crippen LogP contribution in [0.1, 0.15) is 38.2 Å². The van der Waals surface area contributed by atoms with E-state index in [9.17, 15) is 0 Å². The molecule has 0 spiro atoms. The average Bonchev–Trinajstić information content (AvgIpc) is 3.51. The van der Waals surface area contributed by atoms with Crippen molar-refractivity contribution >= 4 is 28.4 Å². The van der Waals surface area contributed by atoms with Crippen molar-refractivity contribution in [3.05, 3.63) is 42.2 Å². The van der Waals surface area contributed by atoms with Crippen molar-refractivity contribution in [1.82, 2.24) is 20.2 Å². The molecule has 2 aliphatic rings. The summed E-state index contributed by atoms with van der Waals surface area (Å²) in [5.41, 5.74) is 3.98. The summed E-state index contributed by atoms with van der Waals surface area (Å²) in [7, 11) is 0. The van der Waals surface area contributed by atoms with Gasteiger partial charge in [0.15, 0.2) is 5.82 Å². The van der Waals surface area contributed by atoms with Crippen molar-refractivity contribution in [3.8, 4) is 0 Å². The van der Waals surface area contributed by atoms with Crippen molar-refractivity contribution in [2.75, 3.05) is 29.9 Å². The molecule has 0 aromatic carbocycles. The molecule has 0 unspecified atom stereocenters. The first kappa shape index (κ1) is 18.2. The minimum atomic E-state index is 0.346. The lowest BCUT2D eigenvalue weighted by Gasteiger charge is -2.40. The van der Waals surface area contributed by atoms with E-state index >= 15 is 0 Å². The molecule has 3 aromatic rings. The molecule has 1 aliphatic carbocycles. The highest BCUT2D eigenvalue weighted by Gasteiger charge is 2.30. The Morgan fingerprint density at radius 3 is 2.76 bits per heavy atom.